The largest absolute Gasteiger partial charge is 0.494 e. The van der Waals surface area contributed by atoms with Crippen molar-refractivity contribution in [1.82, 2.24) is 117 Å². The van der Waals surface area contributed by atoms with Crippen molar-refractivity contribution in [2.24, 2.45) is 0 Å². The Kier molecular flexibility index (Phi) is 24.6. The number of fused-ring (bicyclic) bond motifs is 12. The van der Waals surface area contributed by atoms with E-state index in [0.29, 0.717) is 94.1 Å². The van der Waals surface area contributed by atoms with E-state index in [1.54, 1.807) is 58.8 Å². The molecule has 0 saturated carbocycles. The smallest absolute Gasteiger partial charge is 0.223 e. The van der Waals surface area contributed by atoms with Crippen LogP contribution in [0.5, 0.6) is 11.5 Å². The van der Waals surface area contributed by atoms with Crippen molar-refractivity contribution in [3.63, 3.8) is 0 Å². The molecule has 0 spiro atoms. The van der Waals surface area contributed by atoms with Gasteiger partial charge in [-0.1, -0.05) is 0 Å². The van der Waals surface area contributed by atoms with E-state index in [0.717, 1.165) is 112 Å². The molecule has 708 valence electrons. The molecule has 20 rings (SSSR count). The van der Waals surface area contributed by atoms with Gasteiger partial charge in [0.15, 0.2) is 57.5 Å². The SMILES string of the molecule is COc1cc(F)cc2c1nc(N)n1nc([C@@H]3CCCN(c4cnn(C(C)(C)[C@@H](C)O)c4)C3)nc21.COc1cc(F)cc2c1nc(N)n1nc([C@@H]3CCCN(c4cnn(C(C)(C)[C@H](C)O)c4)C3)nc21.C[C@@H](O)C(C)(C)n1cc(N2CCC[C@@H](c3nc4c5cc(F)cc(F)c5nc(N)n4n3)C2)cn1.C[C@H](O)C(C)(C)n1cc(N2CCC[C@@H](c3nc4c5cc(F)cc(F)c5nc(N)n4n3)C2)cn1. The third kappa shape index (κ3) is 17.4. The highest BCUT2D eigenvalue weighted by Gasteiger charge is 2.38. The maximum absolute atomic E-state index is 14.2. The average molecular weight is 1850 g/mol. The van der Waals surface area contributed by atoms with Crippen molar-refractivity contribution < 1.29 is 56.2 Å². The number of anilines is 8. The van der Waals surface area contributed by atoms with Gasteiger partial charge in [-0.05, 0) is 159 Å². The number of halogens is 6. The lowest BCUT2D eigenvalue weighted by atomic mass is 9.97. The number of nitrogens with two attached hydrogens (primary N) is 4. The quantitative estimate of drug-likeness (QED) is 0.0370. The summed E-state index contributed by atoms with van der Waals surface area (Å²) in [5.74, 6) is -0.422. The van der Waals surface area contributed by atoms with Gasteiger partial charge < -0.3 is 72.4 Å². The van der Waals surface area contributed by atoms with Crippen LogP contribution in [0, 0.1) is 34.9 Å². The first-order valence-corrected chi connectivity index (χ1v) is 44.6. The number of aromatic nitrogens is 24. The summed E-state index contributed by atoms with van der Waals surface area (Å²) < 4.78 is 108. The van der Waals surface area contributed by atoms with Crippen molar-refractivity contribution in [1.29, 1.82) is 0 Å². The summed E-state index contributed by atoms with van der Waals surface area (Å²) in [5.41, 5.74) is 28.5. The second-order valence-corrected chi connectivity index (χ2v) is 37.3. The first-order valence-electron chi connectivity index (χ1n) is 44.6. The Morgan fingerprint density at radius 3 is 0.791 bits per heavy atom. The topological polar surface area (TPSA) is 460 Å². The number of aliphatic hydroxyl groups excluding tert-OH is 4. The zero-order valence-electron chi connectivity index (χ0n) is 76.9. The number of piperidine rings is 4. The van der Waals surface area contributed by atoms with Crippen molar-refractivity contribution in [3.8, 4) is 11.5 Å². The van der Waals surface area contributed by atoms with Gasteiger partial charge in [-0.3, -0.25) is 18.7 Å². The van der Waals surface area contributed by atoms with Gasteiger partial charge in [0.1, 0.15) is 56.8 Å². The summed E-state index contributed by atoms with van der Waals surface area (Å²) in [6.07, 6.45) is 20.2. The molecule has 16 aromatic rings. The summed E-state index contributed by atoms with van der Waals surface area (Å²) in [6, 6.07) is 9.27. The summed E-state index contributed by atoms with van der Waals surface area (Å²) in [4.78, 5) is 44.6. The van der Waals surface area contributed by atoms with Crippen LogP contribution < -0.4 is 52.0 Å². The van der Waals surface area contributed by atoms with Gasteiger partial charge in [0, 0.05) is 125 Å². The molecule has 0 amide bonds. The number of rotatable bonds is 18. The number of methoxy groups -OCH3 is 2. The van der Waals surface area contributed by atoms with E-state index in [-0.39, 0.29) is 80.6 Å². The van der Waals surface area contributed by atoms with Crippen LogP contribution in [-0.4, -0.2) is 229 Å². The fourth-order valence-electron chi connectivity index (χ4n) is 17.3. The van der Waals surface area contributed by atoms with Crippen LogP contribution in [-0.2, 0) is 22.2 Å². The Morgan fingerprint density at radius 1 is 0.336 bits per heavy atom. The van der Waals surface area contributed by atoms with Gasteiger partial charge >= 0.3 is 0 Å². The molecule has 0 unspecified atom stereocenters. The predicted molar refractivity (Wildman–Crippen MR) is 493 cm³/mol. The Bertz CT molecular complexity index is 6660. The van der Waals surface area contributed by atoms with Crippen molar-refractivity contribution in [2.75, 3.05) is 109 Å². The number of benzene rings is 4. The third-order valence-electron chi connectivity index (χ3n) is 27.1. The monoisotopic (exact) mass is 1850 g/mol. The molecular weight excluding hydrogens is 1740 g/mol. The van der Waals surface area contributed by atoms with E-state index in [2.05, 4.69) is 90.3 Å². The standard InChI is InChI=1S/2C23H29FN8O2.2C22H26F2N8O/c2*1-13(33)23(2,3)31-12-16(10-26-31)30-7-5-6-14(11-30)20-28-21-17-8-15(24)9-18(34-4)19(17)27-22(25)32(21)29-20;2*1-12(33)22(2,3)31-11-15(9-26-31)30-6-4-5-13(10-30)19-28-20-16-7-14(23)8-17(24)18(16)27-21(25)32(20)29-19/h2*8-10,12-14,33H,5-7,11H2,1-4H3,(H2,25,27);2*7-9,11-13,33H,4-6,10H2,1-3H3,(H2,25,27)/t13-,14+;13-,14-;12-,13+;12-,13-/m0101/s1. The summed E-state index contributed by atoms with van der Waals surface area (Å²) in [6.45, 7) is 28.8. The zero-order chi connectivity index (χ0) is 95.4. The Balaban J connectivity index is 0.000000124. The van der Waals surface area contributed by atoms with Crippen molar-refractivity contribution in [2.45, 2.75) is 205 Å². The van der Waals surface area contributed by atoms with Crippen LogP contribution in [0.4, 0.5) is 72.9 Å². The normalized spacial score (nSPS) is 18.2. The van der Waals surface area contributed by atoms with Crippen LogP contribution in [0.2, 0.25) is 0 Å². The molecule has 4 aromatic carbocycles. The molecule has 12 N–H and O–H groups in total. The first-order chi connectivity index (χ1) is 63.7. The van der Waals surface area contributed by atoms with E-state index in [1.807, 2.05) is 92.6 Å². The van der Waals surface area contributed by atoms with E-state index < -0.39 is 81.5 Å². The molecule has 0 aliphatic carbocycles. The molecule has 134 heavy (non-hydrogen) atoms. The molecule has 4 aliphatic rings. The van der Waals surface area contributed by atoms with E-state index in [4.69, 9.17) is 42.4 Å². The molecule has 12 aromatic heterocycles. The van der Waals surface area contributed by atoms with Crippen LogP contribution >= 0.6 is 0 Å². The zero-order valence-corrected chi connectivity index (χ0v) is 76.9. The Hall–Kier alpha value is -13.6. The first kappa shape index (κ1) is 92.2. The molecule has 4 saturated heterocycles. The molecule has 4 fully saturated rings. The number of nitrogen functional groups attached to an aromatic ring is 4. The van der Waals surface area contributed by atoms with Crippen molar-refractivity contribution in [3.05, 3.63) is 156 Å². The molecule has 8 atom stereocenters. The third-order valence-corrected chi connectivity index (χ3v) is 27.1. The molecule has 44 heteroatoms. The van der Waals surface area contributed by atoms with Gasteiger partial charge in [-0.25, -0.2) is 66.2 Å². The van der Waals surface area contributed by atoms with Gasteiger partial charge in [-0.15, -0.1) is 20.4 Å². The van der Waals surface area contributed by atoms with Gasteiger partial charge in [0.05, 0.1) is 130 Å². The fraction of sp³-hybridized carbons (Fsp3) is 0.467. The second kappa shape index (κ2) is 35.7. The van der Waals surface area contributed by atoms with Crippen LogP contribution in [0.15, 0.2) is 98.1 Å². The lowest BCUT2D eigenvalue weighted by Crippen LogP contribution is -2.38. The minimum Gasteiger partial charge on any atom is -0.494 e. The van der Waals surface area contributed by atoms with E-state index in [1.165, 1.54) is 68.7 Å². The van der Waals surface area contributed by atoms with Crippen LogP contribution in [0.3, 0.4) is 0 Å². The number of hydrogen-bond donors (Lipinski definition) is 8. The molecule has 4 aliphatic heterocycles. The second-order valence-electron chi connectivity index (χ2n) is 37.3. The van der Waals surface area contributed by atoms with E-state index >= 15 is 0 Å². The summed E-state index contributed by atoms with van der Waals surface area (Å²) >= 11 is 0. The number of aliphatic hydroxyl groups is 4. The number of hydrogen-bond acceptors (Lipinski definition) is 30. The van der Waals surface area contributed by atoms with Gasteiger partial charge in [0.25, 0.3) is 0 Å². The predicted octanol–water partition coefficient (Wildman–Crippen LogP) is 11.1. The highest BCUT2D eigenvalue weighted by atomic mass is 19.2. The molecule has 38 nitrogen and oxygen atoms in total. The van der Waals surface area contributed by atoms with Gasteiger partial charge in [0.2, 0.25) is 23.8 Å². The van der Waals surface area contributed by atoms with Crippen LogP contribution in [0.25, 0.3) is 66.2 Å². The molecule has 0 radical (unpaired) electrons. The van der Waals surface area contributed by atoms with Crippen LogP contribution in [0.1, 0.15) is 181 Å². The minimum absolute atomic E-state index is 0.000341. The number of nitrogens with zero attached hydrogens (tertiary/aromatic N) is 28. The molecular formula is C90H110F6N32O6. The maximum Gasteiger partial charge on any atom is 0.223 e. The Morgan fingerprint density at radius 2 is 0.560 bits per heavy atom. The lowest BCUT2D eigenvalue weighted by molar-refractivity contribution is 0.0646. The van der Waals surface area contributed by atoms with Crippen molar-refractivity contribution >= 4 is 113 Å². The lowest BCUT2D eigenvalue weighted by Gasteiger charge is -2.32. The Labute approximate surface area is 764 Å². The summed E-state index contributed by atoms with van der Waals surface area (Å²) in [7, 11) is 2.93. The molecule has 0 bridgehead atoms. The average Bonchev–Trinajstić information content (AvgIpc) is 1.60. The highest BCUT2D eigenvalue weighted by Crippen LogP contribution is 2.40. The maximum atomic E-state index is 14.2. The number of ether oxygens (including phenoxy) is 2. The minimum atomic E-state index is -0.787. The van der Waals surface area contributed by atoms with Gasteiger partial charge in [-0.2, -0.15) is 38.5 Å². The fourth-order valence-corrected chi connectivity index (χ4v) is 17.3. The molecule has 16 heterocycles. The van der Waals surface area contributed by atoms with E-state index in [9.17, 15) is 46.8 Å². The highest BCUT2D eigenvalue weighted by molar-refractivity contribution is 5.98. The summed E-state index contributed by atoms with van der Waals surface area (Å²) in [5, 5.41) is 78.1.